The number of hydrogen-bond donors (Lipinski definition) is 1. The number of benzene rings is 1. The summed E-state index contributed by atoms with van der Waals surface area (Å²) in [6, 6.07) is 6.62. The van der Waals surface area contributed by atoms with E-state index in [1.165, 1.54) is 0 Å². The summed E-state index contributed by atoms with van der Waals surface area (Å²) in [7, 11) is 0. The molecule has 3 rings (SSSR count). The second-order valence-corrected chi connectivity index (χ2v) is 3.83. The number of hydrogen-bond acceptors (Lipinski definition) is 4. The number of aromatic nitrogens is 3. The summed E-state index contributed by atoms with van der Waals surface area (Å²) in [5.74, 6) is 0. The summed E-state index contributed by atoms with van der Waals surface area (Å²) in [5.41, 5.74) is -1.53. The summed E-state index contributed by atoms with van der Waals surface area (Å²) in [4.78, 5) is 41.4. The van der Waals surface area contributed by atoms with Crippen molar-refractivity contribution in [1.29, 1.82) is 0 Å². The van der Waals surface area contributed by atoms with Crippen LogP contribution in [0.4, 0.5) is 0 Å². The molecule has 0 aliphatic carbocycles. The molecule has 0 amide bonds. The van der Waals surface area contributed by atoms with Crippen LogP contribution in [0.3, 0.4) is 0 Å². The molecule has 0 saturated carbocycles. The Morgan fingerprint density at radius 1 is 1.17 bits per heavy atom. The van der Waals surface area contributed by atoms with Gasteiger partial charge in [-0.3, -0.25) is 14.6 Å². The molecule has 2 aromatic heterocycles. The van der Waals surface area contributed by atoms with Crippen molar-refractivity contribution >= 4 is 23.1 Å². The molecule has 0 spiro atoms. The zero-order valence-electron chi connectivity index (χ0n) is 9.14. The number of rotatable bonds is 0. The molecular weight excluding hydrogens is 234 g/mol. The first kappa shape index (κ1) is 10.4. The predicted octanol–water partition coefficient (Wildman–Crippen LogP) is -0.975. The van der Waals surface area contributed by atoms with Gasteiger partial charge in [0.15, 0.2) is 5.65 Å². The van der Waals surface area contributed by atoms with Gasteiger partial charge in [0.05, 0.1) is 16.1 Å². The van der Waals surface area contributed by atoms with E-state index in [0.717, 1.165) is 4.40 Å². The van der Waals surface area contributed by atoms with E-state index in [9.17, 15) is 14.4 Å². The fraction of sp³-hybridized carbons (Fsp3) is 0. The normalized spacial score (nSPS) is 11.1. The predicted molar refractivity (Wildman–Crippen MR) is 66.6 cm³/mol. The fourth-order valence-corrected chi connectivity index (χ4v) is 1.85. The van der Waals surface area contributed by atoms with Gasteiger partial charge in [0.25, 0.3) is 11.1 Å². The van der Waals surface area contributed by atoms with Gasteiger partial charge in [-0.25, -0.2) is 14.2 Å². The van der Waals surface area contributed by atoms with Gasteiger partial charge in [-0.2, -0.15) is 0 Å². The molecule has 3 aromatic rings. The van der Waals surface area contributed by atoms with Gasteiger partial charge < -0.3 is 0 Å². The second-order valence-electron chi connectivity index (χ2n) is 3.83. The lowest BCUT2D eigenvalue weighted by molar-refractivity contribution is 0.918. The van der Waals surface area contributed by atoms with Crippen molar-refractivity contribution in [2.75, 3.05) is 0 Å². The molecule has 0 fully saturated rings. The third kappa shape index (κ3) is 1.22. The van der Waals surface area contributed by atoms with Crippen LogP contribution in [-0.2, 0) is 0 Å². The van der Waals surface area contributed by atoms with Gasteiger partial charge in [0.1, 0.15) is 0 Å². The van der Waals surface area contributed by atoms with E-state index in [1.54, 1.807) is 24.3 Å². The minimum absolute atomic E-state index is 0.00236. The van der Waals surface area contributed by atoms with Crippen LogP contribution in [0.5, 0.6) is 0 Å². The number of H-pyrrole nitrogens is 1. The second kappa shape index (κ2) is 3.36. The number of nitrogens with zero attached hydrogens (tertiary/aromatic N) is 2. The summed E-state index contributed by atoms with van der Waals surface area (Å²) in [6.45, 7) is 3.53. The molecule has 88 valence electrons. The minimum atomic E-state index is -0.800. The van der Waals surface area contributed by atoms with E-state index >= 15 is 0 Å². The SMILES string of the molecule is C=c1c(=O)[nH]c(=O)n2c(=O)c3ccccc3nc12. The molecule has 0 saturated heterocycles. The Hall–Kier alpha value is -2.76. The van der Waals surface area contributed by atoms with Crippen LogP contribution in [0.15, 0.2) is 38.6 Å². The molecule has 1 N–H and O–H groups in total. The van der Waals surface area contributed by atoms with Crippen LogP contribution in [-0.4, -0.2) is 14.4 Å². The zero-order valence-corrected chi connectivity index (χ0v) is 9.14. The van der Waals surface area contributed by atoms with E-state index in [-0.39, 0.29) is 10.9 Å². The highest BCUT2D eigenvalue weighted by atomic mass is 16.2. The molecule has 0 bridgehead atoms. The number of aromatic amines is 1. The summed E-state index contributed by atoms with van der Waals surface area (Å²) < 4.78 is 0.825. The van der Waals surface area contributed by atoms with Crippen molar-refractivity contribution in [2.24, 2.45) is 0 Å². The molecule has 0 unspecified atom stereocenters. The molecule has 0 aliphatic rings. The third-order valence-electron chi connectivity index (χ3n) is 2.74. The molecule has 0 atom stereocenters. The Bertz CT molecular complexity index is 1000. The molecule has 0 aliphatic heterocycles. The Morgan fingerprint density at radius 3 is 2.67 bits per heavy atom. The molecule has 18 heavy (non-hydrogen) atoms. The van der Waals surface area contributed by atoms with Crippen molar-refractivity contribution in [3.05, 3.63) is 60.7 Å². The number of nitrogens with one attached hydrogen (secondary N) is 1. The Labute approximate surface area is 98.8 Å². The number of para-hydroxylation sites is 1. The van der Waals surface area contributed by atoms with Gasteiger partial charge >= 0.3 is 5.69 Å². The van der Waals surface area contributed by atoms with Crippen LogP contribution >= 0.6 is 0 Å². The third-order valence-corrected chi connectivity index (χ3v) is 2.74. The van der Waals surface area contributed by atoms with Crippen LogP contribution in [0.25, 0.3) is 23.1 Å². The Morgan fingerprint density at radius 2 is 1.89 bits per heavy atom. The highest BCUT2D eigenvalue weighted by Gasteiger charge is 2.09. The minimum Gasteiger partial charge on any atom is -0.273 e. The zero-order chi connectivity index (χ0) is 12.9. The molecule has 6 nitrogen and oxygen atoms in total. The first-order valence-electron chi connectivity index (χ1n) is 5.16. The van der Waals surface area contributed by atoms with Crippen LogP contribution in [0.2, 0.25) is 0 Å². The van der Waals surface area contributed by atoms with Crippen LogP contribution < -0.4 is 22.0 Å². The maximum Gasteiger partial charge on any atom is 0.337 e. The van der Waals surface area contributed by atoms with E-state index < -0.39 is 16.8 Å². The fourth-order valence-electron chi connectivity index (χ4n) is 1.85. The maximum atomic E-state index is 12.1. The van der Waals surface area contributed by atoms with Gasteiger partial charge in [-0.15, -0.1) is 0 Å². The first-order valence-corrected chi connectivity index (χ1v) is 5.16. The summed E-state index contributed by atoms with van der Waals surface area (Å²) >= 11 is 0. The molecule has 0 radical (unpaired) electrons. The van der Waals surface area contributed by atoms with Gasteiger partial charge in [0.2, 0.25) is 0 Å². The lowest BCUT2D eigenvalue weighted by atomic mass is 10.2. The van der Waals surface area contributed by atoms with Crippen LogP contribution in [0.1, 0.15) is 0 Å². The van der Waals surface area contributed by atoms with E-state index in [0.29, 0.717) is 10.9 Å². The molecule has 1 aromatic carbocycles. The average Bonchev–Trinajstić information content (AvgIpc) is 2.36. The highest BCUT2D eigenvalue weighted by molar-refractivity contribution is 5.79. The van der Waals surface area contributed by atoms with Crippen molar-refractivity contribution < 1.29 is 0 Å². The Balaban J connectivity index is 2.83. The van der Waals surface area contributed by atoms with Gasteiger partial charge in [-0.1, -0.05) is 18.7 Å². The first-order chi connectivity index (χ1) is 8.59. The molecule has 2 heterocycles. The monoisotopic (exact) mass is 241 g/mol. The maximum absolute atomic E-state index is 12.1. The number of fused-ring (bicyclic) bond motifs is 2. The van der Waals surface area contributed by atoms with E-state index in [2.05, 4.69) is 11.6 Å². The van der Waals surface area contributed by atoms with Crippen molar-refractivity contribution in [3.8, 4) is 0 Å². The smallest absolute Gasteiger partial charge is 0.273 e. The van der Waals surface area contributed by atoms with E-state index in [1.807, 2.05) is 4.98 Å². The quantitative estimate of drug-likeness (QED) is 0.513. The topological polar surface area (TPSA) is 84.3 Å². The molecule has 6 heteroatoms. The standard InChI is InChI=1S/C12H7N3O3/c1-6-9-13-8-5-3-2-4-7(8)11(17)15(9)12(18)14-10(6)16/h2-5H,1H2,(H,14,16,18). The lowest BCUT2D eigenvalue weighted by Crippen LogP contribution is -2.42. The van der Waals surface area contributed by atoms with Gasteiger partial charge in [-0.05, 0) is 12.1 Å². The molecular formula is C12H7N3O3. The highest BCUT2D eigenvalue weighted by Crippen LogP contribution is 2.04. The van der Waals surface area contributed by atoms with Crippen molar-refractivity contribution in [1.82, 2.24) is 14.4 Å². The van der Waals surface area contributed by atoms with Gasteiger partial charge in [0, 0.05) is 0 Å². The van der Waals surface area contributed by atoms with Crippen LogP contribution in [0, 0.1) is 0 Å². The Kier molecular flexibility index (Phi) is 1.94. The van der Waals surface area contributed by atoms with Crippen molar-refractivity contribution in [3.63, 3.8) is 0 Å². The summed E-state index contributed by atoms with van der Waals surface area (Å²) in [5, 5.41) is 0.316. The lowest BCUT2D eigenvalue weighted by Gasteiger charge is -2.01. The van der Waals surface area contributed by atoms with Crippen molar-refractivity contribution in [2.45, 2.75) is 0 Å². The largest absolute Gasteiger partial charge is 0.337 e. The van der Waals surface area contributed by atoms with E-state index in [4.69, 9.17) is 0 Å². The average molecular weight is 241 g/mol. The summed E-state index contributed by atoms with van der Waals surface area (Å²) in [6.07, 6.45) is 0.